The zero-order valence-corrected chi connectivity index (χ0v) is 17.5. The minimum absolute atomic E-state index is 0.106. The van der Waals surface area contributed by atoms with Gasteiger partial charge in [0.05, 0.1) is 11.8 Å². The number of hydrogen-bond acceptors (Lipinski definition) is 3. The number of carbonyl (C=O) groups excluding carboxylic acids is 3. The number of aryl methyl sites for hydroxylation is 1. The molecule has 2 fully saturated rings. The predicted octanol–water partition coefficient (Wildman–Crippen LogP) is 3.74. The molecule has 1 saturated carbocycles. The monoisotopic (exact) mass is 414 g/mol. The molecule has 5 nitrogen and oxygen atoms in total. The predicted molar refractivity (Wildman–Crippen MR) is 118 cm³/mol. The quantitative estimate of drug-likeness (QED) is 0.599. The van der Waals surface area contributed by atoms with Gasteiger partial charge in [-0.05, 0) is 49.3 Å². The number of amides is 3. The van der Waals surface area contributed by atoms with E-state index in [1.54, 1.807) is 0 Å². The van der Waals surface area contributed by atoms with E-state index in [9.17, 15) is 14.4 Å². The molecule has 2 aromatic rings. The molecule has 3 amide bonds. The normalized spacial score (nSPS) is 27.3. The van der Waals surface area contributed by atoms with Crippen LogP contribution in [0.25, 0.3) is 0 Å². The van der Waals surface area contributed by atoms with Crippen molar-refractivity contribution in [1.29, 1.82) is 0 Å². The number of allylic oxidation sites excluding steroid dienone is 2. The van der Waals surface area contributed by atoms with Crippen molar-refractivity contribution in [2.24, 2.45) is 23.7 Å². The third kappa shape index (κ3) is 3.48. The first-order valence-corrected chi connectivity index (χ1v) is 11.0. The third-order valence-corrected chi connectivity index (χ3v) is 7.00. The van der Waals surface area contributed by atoms with E-state index < -0.39 is 6.04 Å². The maximum atomic E-state index is 13.5. The van der Waals surface area contributed by atoms with Gasteiger partial charge in [-0.1, -0.05) is 60.2 Å². The molecule has 0 spiro atoms. The number of rotatable bonds is 5. The Hall–Kier alpha value is -3.21. The van der Waals surface area contributed by atoms with Crippen LogP contribution < -0.4 is 5.32 Å². The fourth-order valence-corrected chi connectivity index (χ4v) is 5.41. The Kier molecular flexibility index (Phi) is 4.97. The number of nitrogens with one attached hydrogen (secondary N) is 1. The van der Waals surface area contributed by atoms with Crippen LogP contribution in [0.1, 0.15) is 24.0 Å². The van der Waals surface area contributed by atoms with Gasteiger partial charge in [0.2, 0.25) is 17.7 Å². The van der Waals surface area contributed by atoms with Crippen molar-refractivity contribution in [3.63, 3.8) is 0 Å². The Morgan fingerprint density at radius 1 is 0.935 bits per heavy atom. The fraction of sp³-hybridized carbons (Fsp3) is 0.346. The summed E-state index contributed by atoms with van der Waals surface area (Å²) in [4.78, 5) is 41.6. The lowest BCUT2D eigenvalue weighted by molar-refractivity contribution is -0.146. The van der Waals surface area contributed by atoms with Crippen molar-refractivity contribution >= 4 is 23.4 Å². The van der Waals surface area contributed by atoms with E-state index >= 15 is 0 Å². The number of anilines is 1. The van der Waals surface area contributed by atoms with Gasteiger partial charge in [0, 0.05) is 12.1 Å². The second-order valence-corrected chi connectivity index (χ2v) is 8.95. The Balaban J connectivity index is 1.46. The lowest BCUT2D eigenvalue weighted by Gasteiger charge is -2.38. The van der Waals surface area contributed by atoms with Crippen molar-refractivity contribution in [2.45, 2.75) is 32.2 Å². The fourth-order valence-electron chi connectivity index (χ4n) is 5.41. The van der Waals surface area contributed by atoms with E-state index in [4.69, 9.17) is 0 Å². The SMILES string of the molecule is Cc1ccc(NC(=O)[C@H](Cc2ccccc2)N2C(=O)[C@H]3[C@H](C2=O)[C@H]2C=C[C@H]3CC2)cc1. The van der Waals surface area contributed by atoms with E-state index in [2.05, 4.69) is 17.5 Å². The number of hydrogen-bond donors (Lipinski definition) is 1. The highest BCUT2D eigenvalue weighted by atomic mass is 16.2. The molecule has 3 aliphatic carbocycles. The van der Waals surface area contributed by atoms with Gasteiger partial charge >= 0.3 is 0 Å². The van der Waals surface area contributed by atoms with Crippen molar-refractivity contribution < 1.29 is 14.4 Å². The van der Waals surface area contributed by atoms with Crippen LogP contribution in [0.15, 0.2) is 66.7 Å². The second kappa shape index (κ2) is 7.80. The molecule has 4 aliphatic rings. The summed E-state index contributed by atoms with van der Waals surface area (Å²) in [6.45, 7) is 1.98. The molecule has 6 rings (SSSR count). The summed E-state index contributed by atoms with van der Waals surface area (Å²) in [5, 5.41) is 2.93. The van der Waals surface area contributed by atoms with Crippen LogP contribution in [-0.4, -0.2) is 28.7 Å². The zero-order chi connectivity index (χ0) is 21.5. The third-order valence-electron chi connectivity index (χ3n) is 7.00. The van der Waals surface area contributed by atoms with Crippen LogP contribution in [0.3, 0.4) is 0 Å². The van der Waals surface area contributed by atoms with Gasteiger partial charge in [0.15, 0.2) is 0 Å². The summed E-state index contributed by atoms with van der Waals surface area (Å²) in [7, 11) is 0. The van der Waals surface area contributed by atoms with Gasteiger partial charge in [0.25, 0.3) is 0 Å². The van der Waals surface area contributed by atoms with Crippen LogP contribution in [0, 0.1) is 30.6 Å². The maximum Gasteiger partial charge on any atom is 0.248 e. The number of nitrogens with zero attached hydrogens (tertiary/aromatic N) is 1. The van der Waals surface area contributed by atoms with Crippen molar-refractivity contribution in [3.05, 3.63) is 77.9 Å². The van der Waals surface area contributed by atoms with Crippen LogP contribution in [0.5, 0.6) is 0 Å². The van der Waals surface area contributed by atoms with E-state index in [-0.39, 0.29) is 41.4 Å². The molecule has 2 aromatic carbocycles. The summed E-state index contributed by atoms with van der Waals surface area (Å²) in [6, 6.07) is 16.2. The number of likely N-dealkylation sites (tertiary alicyclic amines) is 1. The molecule has 2 bridgehead atoms. The number of benzene rings is 2. The van der Waals surface area contributed by atoms with Crippen molar-refractivity contribution in [2.75, 3.05) is 5.32 Å². The summed E-state index contributed by atoms with van der Waals surface area (Å²) in [6.07, 6.45) is 6.38. The molecule has 158 valence electrons. The molecule has 5 atom stereocenters. The number of carbonyl (C=O) groups is 3. The average molecular weight is 415 g/mol. The summed E-state index contributed by atoms with van der Waals surface area (Å²) >= 11 is 0. The molecule has 1 saturated heterocycles. The number of imide groups is 1. The molecule has 31 heavy (non-hydrogen) atoms. The highest BCUT2D eigenvalue weighted by molar-refractivity contribution is 6.10. The zero-order valence-electron chi connectivity index (χ0n) is 17.5. The van der Waals surface area contributed by atoms with Gasteiger partial charge in [-0.15, -0.1) is 0 Å². The van der Waals surface area contributed by atoms with Crippen LogP contribution >= 0.6 is 0 Å². The topological polar surface area (TPSA) is 66.5 Å². The minimum Gasteiger partial charge on any atom is -0.324 e. The summed E-state index contributed by atoms with van der Waals surface area (Å²) < 4.78 is 0. The van der Waals surface area contributed by atoms with E-state index in [0.717, 1.165) is 24.0 Å². The molecule has 1 N–H and O–H groups in total. The summed E-state index contributed by atoms with van der Waals surface area (Å²) in [5.74, 6) is -1.12. The van der Waals surface area contributed by atoms with Gasteiger partial charge in [-0.3, -0.25) is 19.3 Å². The van der Waals surface area contributed by atoms with Gasteiger partial charge in [-0.25, -0.2) is 0 Å². The molecular formula is C26H26N2O3. The lowest BCUT2D eigenvalue weighted by Crippen LogP contribution is -2.49. The Labute approximate surface area is 182 Å². The van der Waals surface area contributed by atoms with Gasteiger partial charge < -0.3 is 5.32 Å². The molecule has 1 heterocycles. The molecule has 1 aliphatic heterocycles. The smallest absolute Gasteiger partial charge is 0.248 e. The average Bonchev–Trinajstić information content (AvgIpc) is 3.07. The number of fused-ring (bicyclic) bond motifs is 1. The molecule has 5 heteroatoms. The maximum absolute atomic E-state index is 13.5. The largest absolute Gasteiger partial charge is 0.324 e. The molecular weight excluding hydrogens is 388 g/mol. The first-order chi connectivity index (χ1) is 15.0. The minimum atomic E-state index is -0.867. The van der Waals surface area contributed by atoms with E-state index in [1.807, 2.05) is 61.5 Å². The Morgan fingerprint density at radius 2 is 1.52 bits per heavy atom. The molecule has 0 unspecified atom stereocenters. The molecule has 0 radical (unpaired) electrons. The lowest BCUT2D eigenvalue weighted by atomic mass is 9.63. The summed E-state index contributed by atoms with van der Waals surface area (Å²) in [5.41, 5.74) is 2.67. The van der Waals surface area contributed by atoms with Crippen molar-refractivity contribution in [3.8, 4) is 0 Å². The first kappa shape index (κ1) is 19.7. The van der Waals surface area contributed by atoms with E-state index in [1.165, 1.54) is 4.90 Å². The van der Waals surface area contributed by atoms with Crippen LogP contribution in [0.4, 0.5) is 5.69 Å². The Bertz CT molecular complexity index is 1010. The second-order valence-electron chi connectivity index (χ2n) is 8.95. The van der Waals surface area contributed by atoms with Crippen molar-refractivity contribution in [1.82, 2.24) is 4.90 Å². The highest BCUT2D eigenvalue weighted by Crippen LogP contribution is 2.50. The standard InChI is InChI=1S/C26H26N2O3/c1-16-7-13-20(14-8-16)27-24(29)21(15-17-5-3-2-4-6-17)28-25(30)22-18-9-10-19(12-11-18)23(22)26(28)31/h2-10,13-14,18-19,21-23H,11-12,15H2,1H3,(H,27,29)/t18-,19-,21-,22+,23+/m0/s1. The van der Waals surface area contributed by atoms with Crippen LogP contribution in [0.2, 0.25) is 0 Å². The van der Waals surface area contributed by atoms with Crippen LogP contribution in [-0.2, 0) is 20.8 Å². The van der Waals surface area contributed by atoms with Gasteiger partial charge in [-0.2, -0.15) is 0 Å². The highest BCUT2D eigenvalue weighted by Gasteiger charge is 2.58. The molecule has 0 aromatic heterocycles. The Morgan fingerprint density at radius 3 is 2.06 bits per heavy atom. The van der Waals surface area contributed by atoms with Gasteiger partial charge in [0.1, 0.15) is 6.04 Å². The first-order valence-electron chi connectivity index (χ1n) is 11.0. The van der Waals surface area contributed by atoms with E-state index in [0.29, 0.717) is 12.1 Å².